The number of allylic oxidation sites excluding steroid dienone is 2. The van der Waals surface area contributed by atoms with Gasteiger partial charge in [-0.25, -0.2) is 0 Å². The van der Waals surface area contributed by atoms with E-state index >= 15 is 0 Å². The number of hydrogen-bond acceptors (Lipinski definition) is 3. The van der Waals surface area contributed by atoms with Gasteiger partial charge in [0.05, 0.1) is 5.70 Å². The van der Waals surface area contributed by atoms with Gasteiger partial charge in [0.2, 0.25) is 5.78 Å². The van der Waals surface area contributed by atoms with Crippen molar-refractivity contribution < 1.29 is 9.59 Å². The Balaban J connectivity index is 1.72. The summed E-state index contributed by atoms with van der Waals surface area (Å²) in [5.41, 5.74) is 3.96. The maximum atomic E-state index is 12.6. The number of ketones is 2. The molecule has 0 atom stereocenters. The van der Waals surface area contributed by atoms with Gasteiger partial charge in [0.1, 0.15) is 0 Å². The Morgan fingerprint density at radius 1 is 0.762 bits per heavy atom. The molecule has 21 heavy (non-hydrogen) atoms. The van der Waals surface area contributed by atoms with E-state index in [2.05, 4.69) is 12.1 Å². The molecule has 0 saturated heterocycles. The number of Topliss-reactive ketones (excluding diaryl/α,β-unsaturated/α-hetero) is 1. The number of benzene rings is 2. The topological polar surface area (TPSA) is 37.4 Å². The molecule has 2 aromatic rings. The predicted molar refractivity (Wildman–Crippen MR) is 78.9 cm³/mol. The van der Waals surface area contributed by atoms with Crippen LogP contribution in [-0.4, -0.2) is 16.5 Å². The summed E-state index contributed by atoms with van der Waals surface area (Å²) in [6.45, 7) is 1.37. The van der Waals surface area contributed by atoms with E-state index in [0.29, 0.717) is 29.9 Å². The van der Waals surface area contributed by atoms with Crippen molar-refractivity contribution in [3.05, 3.63) is 82.6 Å². The van der Waals surface area contributed by atoms with E-state index in [4.69, 9.17) is 0 Å². The van der Waals surface area contributed by atoms with E-state index in [0.717, 1.165) is 0 Å². The summed E-state index contributed by atoms with van der Waals surface area (Å²) in [4.78, 5) is 26.8. The Labute approximate surface area is 122 Å². The van der Waals surface area contributed by atoms with Crippen molar-refractivity contribution in [3.8, 4) is 0 Å². The SMILES string of the molecule is O=C1C=C(N2Cc3ccccc3C2)C(=O)c2ccccc21. The maximum Gasteiger partial charge on any atom is 0.209 e. The fourth-order valence-corrected chi connectivity index (χ4v) is 3.04. The van der Waals surface area contributed by atoms with Gasteiger partial charge in [0.15, 0.2) is 5.78 Å². The third-order valence-corrected chi connectivity index (χ3v) is 4.12. The van der Waals surface area contributed by atoms with Crippen LogP contribution in [0.1, 0.15) is 31.8 Å². The molecular formula is C18H13NO2. The third kappa shape index (κ3) is 1.82. The highest BCUT2D eigenvalue weighted by atomic mass is 16.1. The monoisotopic (exact) mass is 275 g/mol. The molecule has 2 aromatic carbocycles. The first-order chi connectivity index (χ1) is 10.2. The van der Waals surface area contributed by atoms with Gasteiger partial charge in [-0.15, -0.1) is 0 Å². The molecule has 1 aliphatic carbocycles. The minimum atomic E-state index is -0.0869. The van der Waals surface area contributed by atoms with Crippen LogP contribution in [0.5, 0.6) is 0 Å². The average molecular weight is 275 g/mol. The Morgan fingerprint density at radius 2 is 1.33 bits per heavy atom. The lowest BCUT2D eigenvalue weighted by atomic mass is 9.92. The van der Waals surface area contributed by atoms with Crippen LogP contribution < -0.4 is 0 Å². The van der Waals surface area contributed by atoms with Crippen LogP contribution in [0.2, 0.25) is 0 Å². The van der Waals surface area contributed by atoms with Crippen molar-refractivity contribution in [2.24, 2.45) is 0 Å². The highest BCUT2D eigenvalue weighted by Gasteiger charge is 2.31. The zero-order valence-corrected chi connectivity index (χ0v) is 11.4. The molecule has 0 unspecified atom stereocenters. The van der Waals surface area contributed by atoms with E-state index in [1.54, 1.807) is 24.3 Å². The van der Waals surface area contributed by atoms with E-state index in [1.807, 2.05) is 17.0 Å². The zero-order valence-electron chi connectivity index (χ0n) is 11.4. The van der Waals surface area contributed by atoms with Crippen LogP contribution in [0, 0.1) is 0 Å². The second kappa shape index (κ2) is 4.42. The van der Waals surface area contributed by atoms with Crippen LogP contribution >= 0.6 is 0 Å². The summed E-state index contributed by atoms with van der Waals surface area (Å²) in [5, 5.41) is 0. The summed E-state index contributed by atoms with van der Waals surface area (Å²) in [6.07, 6.45) is 1.48. The Hall–Kier alpha value is -2.68. The molecule has 3 nitrogen and oxygen atoms in total. The Morgan fingerprint density at radius 3 is 2.00 bits per heavy atom. The van der Waals surface area contributed by atoms with Crippen LogP contribution in [0.15, 0.2) is 60.3 Å². The number of nitrogens with zero attached hydrogens (tertiary/aromatic N) is 1. The van der Waals surface area contributed by atoms with E-state index in [9.17, 15) is 9.59 Å². The van der Waals surface area contributed by atoms with Crippen molar-refractivity contribution in [2.75, 3.05) is 0 Å². The molecular weight excluding hydrogens is 262 g/mol. The molecule has 0 bridgehead atoms. The van der Waals surface area contributed by atoms with Crippen LogP contribution in [0.4, 0.5) is 0 Å². The lowest BCUT2D eigenvalue weighted by molar-refractivity contribution is 0.0950. The molecule has 0 radical (unpaired) electrons. The van der Waals surface area contributed by atoms with Gasteiger partial charge in [0.25, 0.3) is 0 Å². The van der Waals surface area contributed by atoms with Gasteiger partial charge in [0, 0.05) is 30.3 Å². The second-order valence-corrected chi connectivity index (χ2v) is 5.39. The van der Waals surface area contributed by atoms with E-state index in [1.165, 1.54) is 17.2 Å². The smallest absolute Gasteiger partial charge is 0.209 e. The van der Waals surface area contributed by atoms with Crippen LogP contribution in [-0.2, 0) is 13.1 Å². The second-order valence-electron chi connectivity index (χ2n) is 5.39. The van der Waals surface area contributed by atoms with Crippen molar-refractivity contribution in [1.82, 2.24) is 4.90 Å². The van der Waals surface area contributed by atoms with Gasteiger partial charge in [-0.2, -0.15) is 0 Å². The van der Waals surface area contributed by atoms with Gasteiger partial charge in [-0.3, -0.25) is 9.59 Å². The fourth-order valence-electron chi connectivity index (χ4n) is 3.04. The highest BCUT2D eigenvalue weighted by Crippen LogP contribution is 2.30. The van der Waals surface area contributed by atoms with Crippen molar-refractivity contribution in [3.63, 3.8) is 0 Å². The van der Waals surface area contributed by atoms with Crippen molar-refractivity contribution >= 4 is 11.6 Å². The lowest BCUT2D eigenvalue weighted by Crippen LogP contribution is -2.27. The van der Waals surface area contributed by atoms with E-state index in [-0.39, 0.29) is 11.6 Å². The van der Waals surface area contributed by atoms with Crippen LogP contribution in [0.3, 0.4) is 0 Å². The van der Waals surface area contributed by atoms with Crippen molar-refractivity contribution in [1.29, 1.82) is 0 Å². The summed E-state index contributed by atoms with van der Waals surface area (Å²) in [5.74, 6) is -0.144. The quantitative estimate of drug-likeness (QED) is 0.803. The number of hydrogen-bond donors (Lipinski definition) is 0. The highest BCUT2D eigenvalue weighted by molar-refractivity contribution is 6.24. The molecule has 3 heteroatoms. The molecule has 0 saturated carbocycles. The Kier molecular flexibility index (Phi) is 2.54. The van der Waals surface area contributed by atoms with Crippen LogP contribution in [0.25, 0.3) is 0 Å². The largest absolute Gasteiger partial charge is 0.360 e. The molecule has 102 valence electrons. The number of carbonyl (C=O) groups excluding carboxylic acids is 2. The van der Waals surface area contributed by atoms with Gasteiger partial charge >= 0.3 is 0 Å². The Bertz CT molecular complexity index is 779. The third-order valence-electron chi connectivity index (χ3n) is 4.12. The van der Waals surface area contributed by atoms with Gasteiger partial charge < -0.3 is 4.90 Å². The van der Waals surface area contributed by atoms with Gasteiger partial charge in [-0.1, -0.05) is 48.5 Å². The zero-order chi connectivity index (χ0) is 14.4. The average Bonchev–Trinajstić information content (AvgIpc) is 2.94. The lowest BCUT2D eigenvalue weighted by Gasteiger charge is -2.24. The van der Waals surface area contributed by atoms with Crippen molar-refractivity contribution in [2.45, 2.75) is 13.1 Å². The first-order valence-corrected chi connectivity index (χ1v) is 6.95. The summed E-state index contributed by atoms with van der Waals surface area (Å²) in [7, 11) is 0. The van der Waals surface area contributed by atoms with E-state index < -0.39 is 0 Å². The standard InChI is InChI=1S/C18H13NO2/c20-17-9-16(18(21)15-8-4-3-7-14(15)17)19-10-12-5-1-2-6-13(12)11-19/h1-9H,10-11H2. The minimum Gasteiger partial charge on any atom is -0.360 e. The molecule has 0 N–H and O–H groups in total. The molecule has 2 aliphatic rings. The molecule has 4 rings (SSSR count). The van der Waals surface area contributed by atoms with Gasteiger partial charge in [-0.05, 0) is 11.1 Å². The minimum absolute atomic E-state index is 0.0574. The molecule has 1 heterocycles. The summed E-state index contributed by atoms with van der Waals surface area (Å²) in [6, 6.07) is 15.2. The first-order valence-electron chi connectivity index (χ1n) is 6.95. The molecule has 0 spiro atoms. The maximum absolute atomic E-state index is 12.6. The normalized spacial score (nSPS) is 16.6. The first kappa shape index (κ1) is 12.1. The molecule has 0 fully saturated rings. The fraction of sp³-hybridized carbons (Fsp3) is 0.111. The molecule has 0 aromatic heterocycles. The number of fused-ring (bicyclic) bond motifs is 2. The summed E-state index contributed by atoms with van der Waals surface area (Å²) >= 11 is 0. The molecule has 0 amide bonds. The molecule has 1 aliphatic heterocycles. The predicted octanol–water partition coefficient (Wildman–Crippen LogP) is 2.97. The number of rotatable bonds is 1. The number of carbonyl (C=O) groups is 2. The summed E-state index contributed by atoms with van der Waals surface area (Å²) < 4.78 is 0.